The second kappa shape index (κ2) is 9.85. The van der Waals surface area contributed by atoms with Gasteiger partial charge in [-0.3, -0.25) is 0 Å². The van der Waals surface area contributed by atoms with Crippen molar-refractivity contribution in [3.63, 3.8) is 0 Å². The lowest BCUT2D eigenvalue weighted by Gasteiger charge is -2.28. The quantitative estimate of drug-likeness (QED) is 0.381. The van der Waals surface area contributed by atoms with Crippen LogP contribution in [0.25, 0.3) is 5.65 Å². The standard InChI is InChI=1S/C25H30N8/c1-2-3-8-19-9-7-10-21(27-19)29-25-30-22(18-24(31-25)32-13-5-4-6-14-32)28-20-11-15-33-16-12-26-23(33)17-20/h7,9-12,15-18H,2-6,8,13-14H2,1H3,(H2,27,28,29,30,31). The molecule has 0 radical (unpaired) electrons. The number of pyridine rings is 2. The highest BCUT2D eigenvalue weighted by molar-refractivity contribution is 5.65. The average Bonchev–Trinajstić information content (AvgIpc) is 3.31. The number of hydrogen-bond acceptors (Lipinski definition) is 7. The molecule has 0 spiro atoms. The molecule has 4 aromatic heterocycles. The van der Waals surface area contributed by atoms with Gasteiger partial charge in [-0.2, -0.15) is 9.97 Å². The van der Waals surface area contributed by atoms with Gasteiger partial charge in [-0.05, 0) is 50.3 Å². The minimum atomic E-state index is 0.544. The molecule has 4 aromatic rings. The molecule has 8 nitrogen and oxygen atoms in total. The van der Waals surface area contributed by atoms with E-state index < -0.39 is 0 Å². The highest BCUT2D eigenvalue weighted by Crippen LogP contribution is 2.25. The molecule has 0 saturated carbocycles. The Bertz CT molecular complexity index is 1210. The van der Waals surface area contributed by atoms with Crippen molar-refractivity contribution in [1.29, 1.82) is 0 Å². The molecule has 5 rings (SSSR count). The second-order valence-electron chi connectivity index (χ2n) is 8.46. The minimum absolute atomic E-state index is 0.544. The third-order valence-electron chi connectivity index (χ3n) is 5.90. The molecule has 8 heteroatoms. The van der Waals surface area contributed by atoms with Gasteiger partial charge in [0.05, 0.1) is 0 Å². The van der Waals surface area contributed by atoms with Crippen molar-refractivity contribution in [2.45, 2.75) is 45.4 Å². The lowest BCUT2D eigenvalue weighted by molar-refractivity contribution is 0.573. The van der Waals surface area contributed by atoms with Crippen molar-refractivity contribution in [2.75, 3.05) is 28.6 Å². The van der Waals surface area contributed by atoms with Crippen molar-refractivity contribution in [1.82, 2.24) is 24.3 Å². The SMILES string of the molecule is CCCCc1cccc(Nc2nc(Nc3ccn4ccnc4c3)cc(N3CCCCC3)n2)n1. The van der Waals surface area contributed by atoms with Gasteiger partial charge in [0, 0.05) is 55.2 Å². The first-order chi connectivity index (χ1) is 16.3. The molecule has 0 aliphatic carbocycles. The first-order valence-corrected chi connectivity index (χ1v) is 11.8. The van der Waals surface area contributed by atoms with Crippen LogP contribution in [0.4, 0.5) is 29.1 Å². The summed E-state index contributed by atoms with van der Waals surface area (Å²) in [5.74, 6) is 2.98. The van der Waals surface area contributed by atoms with E-state index in [1.807, 2.05) is 47.1 Å². The van der Waals surface area contributed by atoms with E-state index in [1.54, 1.807) is 6.20 Å². The summed E-state index contributed by atoms with van der Waals surface area (Å²) in [4.78, 5) is 21.1. The molecule has 1 fully saturated rings. The van der Waals surface area contributed by atoms with Crippen LogP contribution in [0.3, 0.4) is 0 Å². The number of anilines is 5. The zero-order valence-electron chi connectivity index (χ0n) is 19.0. The van der Waals surface area contributed by atoms with Crippen LogP contribution >= 0.6 is 0 Å². The van der Waals surface area contributed by atoms with Crippen molar-refractivity contribution in [3.05, 3.63) is 60.7 Å². The van der Waals surface area contributed by atoms with Gasteiger partial charge >= 0.3 is 0 Å². The summed E-state index contributed by atoms with van der Waals surface area (Å²) in [5.41, 5.74) is 2.90. The zero-order chi connectivity index (χ0) is 22.5. The number of hydrogen-bond donors (Lipinski definition) is 2. The fourth-order valence-corrected chi connectivity index (χ4v) is 4.14. The van der Waals surface area contributed by atoms with Crippen LogP contribution in [0.15, 0.2) is 55.0 Å². The first kappa shape index (κ1) is 21.2. The molecular formula is C25H30N8. The topological polar surface area (TPSA) is 83.3 Å². The second-order valence-corrected chi connectivity index (χ2v) is 8.46. The normalized spacial score (nSPS) is 13.9. The predicted molar refractivity (Wildman–Crippen MR) is 133 cm³/mol. The fourth-order valence-electron chi connectivity index (χ4n) is 4.14. The van der Waals surface area contributed by atoms with E-state index in [1.165, 1.54) is 19.3 Å². The van der Waals surface area contributed by atoms with Crippen LogP contribution in [0.5, 0.6) is 0 Å². The van der Waals surface area contributed by atoms with Crippen molar-refractivity contribution >= 4 is 34.7 Å². The van der Waals surface area contributed by atoms with Gasteiger partial charge < -0.3 is 19.9 Å². The number of aromatic nitrogens is 5. The maximum absolute atomic E-state index is 4.83. The summed E-state index contributed by atoms with van der Waals surface area (Å²) in [5, 5.41) is 6.77. The molecule has 1 aliphatic rings. The lowest BCUT2D eigenvalue weighted by Crippen LogP contribution is -2.30. The number of nitrogens with zero attached hydrogens (tertiary/aromatic N) is 6. The zero-order valence-corrected chi connectivity index (χ0v) is 19.0. The van der Waals surface area contributed by atoms with Gasteiger partial charge in [0.1, 0.15) is 23.1 Å². The van der Waals surface area contributed by atoms with Gasteiger partial charge in [-0.25, -0.2) is 9.97 Å². The Kier molecular flexibility index (Phi) is 6.32. The number of fused-ring (bicyclic) bond motifs is 1. The molecule has 33 heavy (non-hydrogen) atoms. The Hall–Kier alpha value is -3.68. The number of unbranched alkanes of at least 4 members (excludes halogenated alkanes) is 1. The molecule has 0 bridgehead atoms. The fraction of sp³-hybridized carbons (Fsp3) is 0.360. The first-order valence-electron chi connectivity index (χ1n) is 11.8. The van der Waals surface area contributed by atoms with Crippen LogP contribution in [-0.2, 0) is 6.42 Å². The summed E-state index contributed by atoms with van der Waals surface area (Å²) in [6, 6.07) is 12.1. The number of rotatable bonds is 8. The molecular weight excluding hydrogens is 412 g/mol. The number of nitrogens with one attached hydrogen (secondary N) is 2. The van der Waals surface area contributed by atoms with E-state index in [2.05, 4.69) is 33.5 Å². The smallest absolute Gasteiger partial charge is 0.232 e. The van der Waals surface area contributed by atoms with E-state index in [-0.39, 0.29) is 0 Å². The Morgan fingerprint density at radius 1 is 0.909 bits per heavy atom. The van der Waals surface area contributed by atoms with Gasteiger partial charge in [-0.1, -0.05) is 19.4 Å². The third-order valence-corrected chi connectivity index (χ3v) is 5.90. The molecule has 170 valence electrons. The van der Waals surface area contributed by atoms with E-state index in [0.717, 1.165) is 66.8 Å². The summed E-state index contributed by atoms with van der Waals surface area (Å²) in [7, 11) is 0. The molecule has 0 amide bonds. The number of piperidine rings is 1. The summed E-state index contributed by atoms with van der Waals surface area (Å²) >= 11 is 0. The van der Waals surface area contributed by atoms with Crippen molar-refractivity contribution in [3.8, 4) is 0 Å². The van der Waals surface area contributed by atoms with Crippen LogP contribution in [0.2, 0.25) is 0 Å². The lowest BCUT2D eigenvalue weighted by atomic mass is 10.1. The molecule has 0 atom stereocenters. The molecule has 2 N–H and O–H groups in total. The Morgan fingerprint density at radius 3 is 2.70 bits per heavy atom. The Labute approximate surface area is 194 Å². The third kappa shape index (κ3) is 5.22. The predicted octanol–water partition coefficient (Wildman–Crippen LogP) is 5.34. The summed E-state index contributed by atoms with van der Waals surface area (Å²) < 4.78 is 1.98. The maximum Gasteiger partial charge on any atom is 0.232 e. The average molecular weight is 443 g/mol. The number of aryl methyl sites for hydroxylation is 1. The molecule has 5 heterocycles. The molecule has 1 aliphatic heterocycles. The van der Waals surface area contributed by atoms with E-state index in [0.29, 0.717) is 5.95 Å². The number of imidazole rings is 1. The van der Waals surface area contributed by atoms with Crippen LogP contribution in [0, 0.1) is 0 Å². The van der Waals surface area contributed by atoms with Gasteiger partial charge in [0.2, 0.25) is 5.95 Å². The van der Waals surface area contributed by atoms with Crippen molar-refractivity contribution in [2.24, 2.45) is 0 Å². The minimum Gasteiger partial charge on any atom is -0.356 e. The molecule has 1 saturated heterocycles. The monoisotopic (exact) mass is 442 g/mol. The molecule has 0 unspecified atom stereocenters. The maximum atomic E-state index is 4.83. The van der Waals surface area contributed by atoms with Gasteiger partial charge in [0.25, 0.3) is 0 Å². The summed E-state index contributed by atoms with van der Waals surface area (Å²) in [6.07, 6.45) is 12.6. The van der Waals surface area contributed by atoms with Crippen LogP contribution in [0.1, 0.15) is 44.7 Å². The van der Waals surface area contributed by atoms with Gasteiger partial charge in [-0.15, -0.1) is 0 Å². The van der Waals surface area contributed by atoms with E-state index in [4.69, 9.17) is 15.0 Å². The molecule has 0 aromatic carbocycles. The van der Waals surface area contributed by atoms with E-state index >= 15 is 0 Å². The highest BCUT2D eigenvalue weighted by atomic mass is 15.3. The highest BCUT2D eigenvalue weighted by Gasteiger charge is 2.15. The Morgan fingerprint density at radius 2 is 1.82 bits per heavy atom. The van der Waals surface area contributed by atoms with Gasteiger partial charge in [0.15, 0.2) is 0 Å². The Balaban J connectivity index is 1.43. The van der Waals surface area contributed by atoms with E-state index in [9.17, 15) is 0 Å². The van der Waals surface area contributed by atoms with Crippen molar-refractivity contribution < 1.29 is 0 Å². The van der Waals surface area contributed by atoms with Crippen LogP contribution < -0.4 is 15.5 Å². The largest absolute Gasteiger partial charge is 0.356 e. The summed E-state index contributed by atoms with van der Waals surface area (Å²) in [6.45, 7) is 4.22. The van der Waals surface area contributed by atoms with Crippen LogP contribution in [-0.4, -0.2) is 37.4 Å².